The number of aromatic nitrogens is 1. The minimum Gasteiger partial charge on any atom is -0.479 e. The first-order chi connectivity index (χ1) is 17.7. The second-order valence-electron chi connectivity index (χ2n) is 7.30. The van der Waals surface area contributed by atoms with E-state index >= 15 is 0 Å². The van der Waals surface area contributed by atoms with Crippen LogP contribution in [0.15, 0.2) is 72.2 Å². The van der Waals surface area contributed by atoms with Gasteiger partial charge in [-0.15, -0.1) is 13.2 Å². The molecule has 0 aliphatic heterocycles. The van der Waals surface area contributed by atoms with Gasteiger partial charge in [0, 0.05) is 24.2 Å². The Balaban J connectivity index is 0.000000341. The molecule has 0 spiro atoms. The number of oxazole rings is 1. The SMILES string of the molecule is C=CCN(CC=C)C(=O)C(Cl)Cl.CCOC(=O)[C@@H](C)Oc1ccc(Oc2nc3ccc(Cl)cc3o2)cc1. The van der Waals surface area contributed by atoms with E-state index in [0.717, 1.165) is 0 Å². The number of nitrogens with zero attached hydrogens (tertiary/aromatic N) is 2. The van der Waals surface area contributed by atoms with Crippen LogP contribution in [0.3, 0.4) is 0 Å². The highest BCUT2D eigenvalue weighted by molar-refractivity contribution is 6.53. The van der Waals surface area contributed by atoms with Gasteiger partial charge in [0.05, 0.1) is 6.61 Å². The van der Waals surface area contributed by atoms with Gasteiger partial charge in [0.15, 0.2) is 16.5 Å². The lowest BCUT2D eigenvalue weighted by Gasteiger charge is -2.19. The highest BCUT2D eigenvalue weighted by Gasteiger charge is 2.18. The number of ether oxygens (including phenoxy) is 3. The van der Waals surface area contributed by atoms with E-state index in [-0.39, 0.29) is 12.0 Å². The van der Waals surface area contributed by atoms with Gasteiger partial charge in [-0.3, -0.25) is 4.79 Å². The van der Waals surface area contributed by atoms with Crippen molar-refractivity contribution in [2.75, 3.05) is 19.7 Å². The Morgan fingerprint density at radius 2 is 1.70 bits per heavy atom. The van der Waals surface area contributed by atoms with Gasteiger partial charge in [0.25, 0.3) is 5.91 Å². The summed E-state index contributed by atoms with van der Waals surface area (Å²) in [6.07, 6.45) is 2.65. The maximum atomic E-state index is 11.6. The van der Waals surface area contributed by atoms with Crippen molar-refractivity contribution >= 4 is 57.8 Å². The highest BCUT2D eigenvalue weighted by Crippen LogP contribution is 2.28. The van der Waals surface area contributed by atoms with E-state index in [4.69, 9.17) is 53.4 Å². The van der Waals surface area contributed by atoms with Gasteiger partial charge in [-0.1, -0.05) is 47.0 Å². The Morgan fingerprint density at radius 1 is 1.08 bits per heavy atom. The van der Waals surface area contributed by atoms with E-state index in [1.54, 1.807) is 68.5 Å². The van der Waals surface area contributed by atoms with Crippen molar-refractivity contribution in [2.45, 2.75) is 24.8 Å². The number of hydrogen-bond acceptors (Lipinski definition) is 7. The van der Waals surface area contributed by atoms with Gasteiger partial charge in [0.1, 0.15) is 17.0 Å². The van der Waals surface area contributed by atoms with E-state index < -0.39 is 16.9 Å². The maximum absolute atomic E-state index is 11.6. The van der Waals surface area contributed by atoms with Crippen LogP contribution in [0, 0.1) is 0 Å². The molecule has 2 aromatic carbocycles. The van der Waals surface area contributed by atoms with Crippen LogP contribution in [-0.4, -0.2) is 52.4 Å². The van der Waals surface area contributed by atoms with Crippen molar-refractivity contribution in [1.29, 1.82) is 0 Å². The molecule has 0 aliphatic rings. The fourth-order valence-electron chi connectivity index (χ4n) is 2.82. The number of benzene rings is 2. The Hall–Kier alpha value is -3.20. The lowest BCUT2D eigenvalue weighted by molar-refractivity contribution is -0.150. The summed E-state index contributed by atoms with van der Waals surface area (Å²) >= 11 is 16.7. The molecule has 198 valence electrons. The normalized spacial score (nSPS) is 11.2. The predicted molar refractivity (Wildman–Crippen MR) is 145 cm³/mol. The van der Waals surface area contributed by atoms with Crippen LogP contribution in [0.5, 0.6) is 17.6 Å². The van der Waals surface area contributed by atoms with Crippen LogP contribution in [0.4, 0.5) is 0 Å². The molecule has 1 atom stereocenters. The Labute approximate surface area is 230 Å². The predicted octanol–water partition coefficient (Wildman–Crippen LogP) is 6.59. The quantitative estimate of drug-likeness (QED) is 0.146. The number of hydrogen-bond donors (Lipinski definition) is 0. The molecule has 0 saturated heterocycles. The van der Waals surface area contributed by atoms with E-state index in [1.807, 2.05) is 0 Å². The summed E-state index contributed by atoms with van der Waals surface area (Å²) in [5.41, 5.74) is 1.20. The standard InChI is InChI=1S/C18H16ClNO5.C8H11Cl2NO/c1-3-22-17(21)11(2)23-13-5-7-14(8-6-13)24-18-20-15-9-4-12(19)10-16(15)25-18;1-3-5-11(6-4-2)8(12)7(9)10/h4-11H,3H2,1-2H3;3-4,7H,1-2,5-6H2/t11-;/m1./s1. The lowest BCUT2D eigenvalue weighted by Crippen LogP contribution is -2.35. The van der Waals surface area contributed by atoms with Crippen molar-refractivity contribution < 1.29 is 28.2 Å². The third-order valence-corrected chi connectivity index (χ3v) is 5.10. The minimum absolute atomic E-state index is 0.117. The average molecular weight is 570 g/mol. The van der Waals surface area contributed by atoms with E-state index in [9.17, 15) is 9.59 Å². The molecular weight excluding hydrogens is 543 g/mol. The Morgan fingerprint density at radius 3 is 2.27 bits per heavy atom. The number of esters is 1. The molecule has 0 unspecified atom stereocenters. The van der Waals surface area contributed by atoms with Crippen molar-refractivity contribution in [3.63, 3.8) is 0 Å². The molecule has 37 heavy (non-hydrogen) atoms. The number of carbonyl (C=O) groups excluding carboxylic acids is 2. The van der Waals surface area contributed by atoms with Gasteiger partial charge in [-0.2, -0.15) is 4.98 Å². The molecule has 3 aromatic rings. The molecule has 3 rings (SSSR count). The monoisotopic (exact) mass is 568 g/mol. The molecule has 0 N–H and O–H groups in total. The second-order valence-corrected chi connectivity index (χ2v) is 8.83. The number of fused-ring (bicyclic) bond motifs is 1. The molecule has 8 nitrogen and oxygen atoms in total. The molecule has 11 heteroatoms. The molecular formula is C26H27Cl3N2O6. The van der Waals surface area contributed by atoms with Crippen LogP contribution in [0.1, 0.15) is 13.8 Å². The largest absolute Gasteiger partial charge is 0.479 e. The summed E-state index contributed by atoms with van der Waals surface area (Å²) in [6, 6.07) is 11.9. The number of rotatable bonds is 11. The molecule has 0 radical (unpaired) electrons. The van der Waals surface area contributed by atoms with Gasteiger partial charge in [0.2, 0.25) is 0 Å². The Bertz CT molecular complexity index is 1190. The summed E-state index contributed by atoms with van der Waals surface area (Å²) in [4.78, 5) is 27.4. The van der Waals surface area contributed by atoms with Crippen LogP contribution in [0.2, 0.25) is 5.02 Å². The van der Waals surface area contributed by atoms with Crippen LogP contribution in [-0.2, 0) is 14.3 Å². The topological polar surface area (TPSA) is 91.1 Å². The third kappa shape index (κ3) is 9.64. The number of alkyl halides is 2. The average Bonchev–Trinajstić information content (AvgIpc) is 3.26. The summed E-state index contributed by atoms with van der Waals surface area (Å²) in [7, 11) is 0. The van der Waals surface area contributed by atoms with Crippen molar-refractivity contribution in [3.8, 4) is 17.6 Å². The van der Waals surface area contributed by atoms with E-state index in [0.29, 0.717) is 47.3 Å². The van der Waals surface area contributed by atoms with Gasteiger partial charge >= 0.3 is 12.0 Å². The summed E-state index contributed by atoms with van der Waals surface area (Å²) in [6.45, 7) is 11.6. The fourth-order valence-corrected chi connectivity index (χ4v) is 3.26. The molecule has 1 amide bonds. The van der Waals surface area contributed by atoms with Crippen LogP contribution < -0.4 is 9.47 Å². The number of carbonyl (C=O) groups is 2. The van der Waals surface area contributed by atoms with Crippen molar-refractivity contribution in [2.24, 2.45) is 0 Å². The Kier molecular flexibility index (Phi) is 12.3. The van der Waals surface area contributed by atoms with E-state index in [1.165, 1.54) is 4.90 Å². The first kappa shape index (κ1) is 30.0. The van der Waals surface area contributed by atoms with Crippen molar-refractivity contribution in [1.82, 2.24) is 9.88 Å². The van der Waals surface area contributed by atoms with Gasteiger partial charge in [-0.05, 0) is 50.2 Å². The number of amides is 1. The fraction of sp³-hybridized carbons (Fsp3) is 0.269. The zero-order chi connectivity index (χ0) is 27.4. The first-order valence-electron chi connectivity index (χ1n) is 11.1. The van der Waals surface area contributed by atoms with Crippen LogP contribution in [0.25, 0.3) is 11.1 Å². The third-order valence-electron chi connectivity index (χ3n) is 4.49. The zero-order valence-corrected chi connectivity index (χ0v) is 22.6. The summed E-state index contributed by atoms with van der Waals surface area (Å²) < 4.78 is 21.5. The summed E-state index contributed by atoms with van der Waals surface area (Å²) in [5.74, 6) is 0.317. The second kappa shape index (κ2) is 15.1. The van der Waals surface area contributed by atoms with Gasteiger partial charge < -0.3 is 23.5 Å². The van der Waals surface area contributed by atoms with Gasteiger partial charge in [-0.25, -0.2) is 4.79 Å². The maximum Gasteiger partial charge on any atom is 0.400 e. The minimum atomic E-state index is -1.01. The molecule has 0 fully saturated rings. The zero-order valence-electron chi connectivity index (χ0n) is 20.4. The number of halogens is 3. The molecule has 1 heterocycles. The summed E-state index contributed by atoms with van der Waals surface area (Å²) in [5, 5.41) is 0.562. The molecule has 0 saturated carbocycles. The molecule has 0 bridgehead atoms. The first-order valence-corrected chi connectivity index (χ1v) is 12.4. The smallest absolute Gasteiger partial charge is 0.400 e. The van der Waals surface area contributed by atoms with Crippen LogP contribution >= 0.6 is 34.8 Å². The lowest BCUT2D eigenvalue weighted by atomic mass is 10.3. The van der Waals surface area contributed by atoms with Crippen molar-refractivity contribution in [3.05, 3.63) is 72.8 Å². The highest BCUT2D eigenvalue weighted by atomic mass is 35.5. The van der Waals surface area contributed by atoms with E-state index in [2.05, 4.69) is 18.1 Å². The molecule has 1 aromatic heterocycles. The molecule has 0 aliphatic carbocycles.